The molecule has 0 aliphatic carbocycles. The highest BCUT2D eigenvalue weighted by molar-refractivity contribution is 6.11. The quantitative estimate of drug-likeness (QED) is 0.620. The number of rotatable bonds is 7. The fourth-order valence-electron chi connectivity index (χ4n) is 4.40. The van der Waals surface area contributed by atoms with Crippen LogP contribution in [0.25, 0.3) is 10.9 Å². The van der Waals surface area contributed by atoms with Gasteiger partial charge in [0.05, 0.1) is 45.5 Å². The van der Waals surface area contributed by atoms with Crippen LogP contribution in [0.2, 0.25) is 0 Å². The molecule has 1 aliphatic heterocycles. The molecule has 2 atom stereocenters. The van der Waals surface area contributed by atoms with Crippen LogP contribution in [0.3, 0.4) is 0 Å². The van der Waals surface area contributed by atoms with Gasteiger partial charge in [-0.2, -0.15) is 0 Å². The summed E-state index contributed by atoms with van der Waals surface area (Å²) in [6.45, 7) is 9.58. The van der Waals surface area contributed by atoms with E-state index in [4.69, 9.17) is 9.47 Å². The van der Waals surface area contributed by atoms with Crippen LogP contribution >= 0.6 is 0 Å². The molecule has 7 nitrogen and oxygen atoms in total. The van der Waals surface area contributed by atoms with Crippen molar-refractivity contribution in [2.24, 2.45) is 11.8 Å². The summed E-state index contributed by atoms with van der Waals surface area (Å²) in [5.74, 6) is 1.45. The van der Waals surface area contributed by atoms with E-state index in [9.17, 15) is 9.59 Å². The maximum atomic E-state index is 12.7. The molecule has 3 N–H and O–H groups in total. The first-order valence-electron chi connectivity index (χ1n) is 10.4. The summed E-state index contributed by atoms with van der Waals surface area (Å²) >= 11 is 0. The van der Waals surface area contributed by atoms with E-state index in [1.807, 2.05) is 12.1 Å². The molecule has 29 heavy (non-hydrogen) atoms. The van der Waals surface area contributed by atoms with Crippen LogP contribution in [0, 0.1) is 11.8 Å². The smallest absolute Gasteiger partial charge is 0.356 e. The minimum atomic E-state index is -0.484. The van der Waals surface area contributed by atoms with Crippen molar-refractivity contribution in [2.45, 2.75) is 33.6 Å². The number of methoxy groups -OCH3 is 1. The first kappa shape index (κ1) is 21.2. The van der Waals surface area contributed by atoms with E-state index in [2.05, 4.69) is 24.1 Å². The van der Waals surface area contributed by atoms with Gasteiger partial charge in [-0.25, -0.2) is 4.79 Å². The number of likely N-dealkylation sites (tertiary alicyclic amines) is 1. The number of fused-ring (bicyclic) bond motifs is 1. The molecular weight excluding hydrogens is 370 g/mol. The highest BCUT2D eigenvalue weighted by atomic mass is 16.5. The summed E-state index contributed by atoms with van der Waals surface area (Å²) in [6, 6.07) is 5.44. The van der Waals surface area contributed by atoms with Crippen LogP contribution in [0.15, 0.2) is 18.2 Å². The fraction of sp³-hybridized carbons (Fsp3) is 0.545. The van der Waals surface area contributed by atoms with E-state index < -0.39 is 5.97 Å². The molecule has 1 aromatic carbocycles. The van der Waals surface area contributed by atoms with Gasteiger partial charge in [0.15, 0.2) is 0 Å². The summed E-state index contributed by atoms with van der Waals surface area (Å²) in [6.07, 6.45) is 1.67. The van der Waals surface area contributed by atoms with Gasteiger partial charge in [0.25, 0.3) is 0 Å². The second-order valence-electron chi connectivity index (χ2n) is 8.16. The largest absolute Gasteiger partial charge is 0.497 e. The highest BCUT2D eigenvalue weighted by Gasteiger charge is 2.26. The Bertz CT molecular complexity index is 866. The number of quaternary nitrogens is 1. The molecular formula is C22H32N3O4+. The van der Waals surface area contributed by atoms with E-state index in [1.54, 1.807) is 20.1 Å². The number of piperidine rings is 1. The van der Waals surface area contributed by atoms with Gasteiger partial charge in [0, 0.05) is 22.7 Å². The van der Waals surface area contributed by atoms with Gasteiger partial charge in [0.1, 0.15) is 11.4 Å². The second kappa shape index (κ2) is 9.31. The molecule has 1 fully saturated rings. The Morgan fingerprint density at radius 3 is 2.62 bits per heavy atom. The Kier molecular flexibility index (Phi) is 6.79. The Morgan fingerprint density at radius 1 is 1.24 bits per heavy atom. The van der Waals surface area contributed by atoms with Gasteiger partial charge in [-0.1, -0.05) is 13.8 Å². The van der Waals surface area contributed by atoms with Crippen LogP contribution in [0.4, 0.5) is 5.69 Å². The van der Waals surface area contributed by atoms with Crippen molar-refractivity contribution in [1.29, 1.82) is 0 Å². The summed E-state index contributed by atoms with van der Waals surface area (Å²) in [4.78, 5) is 29.7. The summed E-state index contributed by atoms with van der Waals surface area (Å²) in [5.41, 5.74) is 1.46. The summed E-state index contributed by atoms with van der Waals surface area (Å²) < 4.78 is 10.5. The van der Waals surface area contributed by atoms with Gasteiger partial charge < -0.3 is 24.7 Å². The number of benzene rings is 1. The molecule has 0 spiro atoms. The molecule has 0 bridgehead atoms. The fourth-order valence-corrected chi connectivity index (χ4v) is 4.40. The van der Waals surface area contributed by atoms with Crippen molar-refractivity contribution >= 4 is 28.5 Å². The lowest BCUT2D eigenvalue weighted by atomic mass is 9.92. The molecule has 0 radical (unpaired) electrons. The van der Waals surface area contributed by atoms with Gasteiger partial charge in [0.2, 0.25) is 5.91 Å². The number of hydrogen-bond acceptors (Lipinski definition) is 4. The number of aromatic amines is 1. The van der Waals surface area contributed by atoms with Crippen molar-refractivity contribution in [3.63, 3.8) is 0 Å². The van der Waals surface area contributed by atoms with Crippen molar-refractivity contribution in [3.8, 4) is 5.75 Å². The second-order valence-corrected chi connectivity index (χ2v) is 8.16. The van der Waals surface area contributed by atoms with Gasteiger partial charge in [-0.3, -0.25) is 4.79 Å². The van der Waals surface area contributed by atoms with Crippen LogP contribution in [-0.2, 0) is 9.53 Å². The van der Waals surface area contributed by atoms with Crippen molar-refractivity contribution < 1.29 is 24.0 Å². The van der Waals surface area contributed by atoms with Crippen molar-refractivity contribution in [2.75, 3.05) is 38.7 Å². The lowest BCUT2D eigenvalue weighted by Crippen LogP contribution is -3.14. The standard InChI is InChI=1S/C22H31N3O4/c1-5-29-22(27)21-20(17-11-16(28-4)6-7-18(17)23-21)24-19(26)8-9-25-12-14(2)10-15(3)13-25/h6-7,11,14-15,23H,5,8-10,12-13H2,1-4H3,(H,24,26)/p+1/t14-,15-/m1/s1. The number of aromatic nitrogens is 1. The molecule has 0 saturated carbocycles. The third kappa shape index (κ3) is 5.09. The third-order valence-electron chi connectivity index (χ3n) is 5.53. The van der Waals surface area contributed by atoms with Crippen LogP contribution in [0.5, 0.6) is 5.75 Å². The zero-order chi connectivity index (χ0) is 21.0. The number of amides is 1. The maximum absolute atomic E-state index is 12.7. The van der Waals surface area contributed by atoms with E-state index >= 15 is 0 Å². The monoisotopic (exact) mass is 402 g/mol. The van der Waals surface area contributed by atoms with Crippen LogP contribution in [0.1, 0.15) is 44.1 Å². The molecule has 3 rings (SSSR count). The molecule has 2 heterocycles. The molecule has 0 unspecified atom stereocenters. The number of carbonyl (C=O) groups is 2. The summed E-state index contributed by atoms with van der Waals surface area (Å²) in [7, 11) is 1.59. The highest BCUT2D eigenvalue weighted by Crippen LogP contribution is 2.31. The number of H-pyrrole nitrogens is 1. The number of nitrogens with one attached hydrogen (secondary N) is 3. The number of esters is 1. The van der Waals surface area contributed by atoms with Crippen molar-refractivity contribution in [3.05, 3.63) is 23.9 Å². The normalized spacial score (nSPS) is 21.7. The molecule has 2 aromatic rings. The minimum Gasteiger partial charge on any atom is -0.497 e. The molecule has 1 amide bonds. The van der Waals surface area contributed by atoms with Crippen molar-refractivity contribution in [1.82, 2.24) is 4.98 Å². The number of ether oxygens (including phenoxy) is 2. The van der Waals surface area contributed by atoms with Gasteiger partial charge in [-0.05, 0) is 31.5 Å². The summed E-state index contributed by atoms with van der Waals surface area (Å²) in [5, 5.41) is 3.68. The molecule has 158 valence electrons. The first-order valence-corrected chi connectivity index (χ1v) is 10.4. The lowest BCUT2D eigenvalue weighted by molar-refractivity contribution is -0.911. The van der Waals surface area contributed by atoms with E-state index in [0.29, 0.717) is 29.7 Å². The Labute approximate surface area is 171 Å². The first-order chi connectivity index (χ1) is 13.9. The average Bonchev–Trinajstić information content (AvgIpc) is 3.03. The average molecular weight is 403 g/mol. The Balaban J connectivity index is 1.77. The molecule has 1 saturated heterocycles. The maximum Gasteiger partial charge on any atom is 0.356 e. The number of carbonyl (C=O) groups excluding carboxylic acids is 2. The third-order valence-corrected chi connectivity index (χ3v) is 5.53. The zero-order valence-electron chi connectivity index (χ0n) is 17.8. The van der Waals surface area contributed by atoms with Crippen LogP contribution < -0.4 is 15.0 Å². The van der Waals surface area contributed by atoms with E-state index in [0.717, 1.165) is 30.5 Å². The zero-order valence-corrected chi connectivity index (χ0v) is 17.8. The topological polar surface area (TPSA) is 84.9 Å². The van der Waals surface area contributed by atoms with Crippen LogP contribution in [-0.4, -0.2) is 50.2 Å². The number of hydrogen-bond donors (Lipinski definition) is 3. The predicted molar refractivity (Wildman–Crippen MR) is 113 cm³/mol. The van der Waals surface area contributed by atoms with Gasteiger partial charge in [-0.15, -0.1) is 0 Å². The minimum absolute atomic E-state index is 0.0994. The van der Waals surface area contributed by atoms with Gasteiger partial charge >= 0.3 is 5.97 Å². The van der Waals surface area contributed by atoms with E-state index in [1.165, 1.54) is 11.3 Å². The molecule has 1 aromatic heterocycles. The Hall–Kier alpha value is -2.54. The van der Waals surface area contributed by atoms with E-state index in [-0.39, 0.29) is 18.2 Å². The predicted octanol–water partition coefficient (Wildman–Crippen LogP) is 2.24. The molecule has 7 heteroatoms. The SMILES string of the molecule is CCOC(=O)c1[nH]c2ccc(OC)cc2c1NC(=O)CC[NH+]1C[C@H](C)C[C@@H](C)C1. The molecule has 1 aliphatic rings. The number of anilines is 1. The Morgan fingerprint density at radius 2 is 1.97 bits per heavy atom. The lowest BCUT2D eigenvalue weighted by Gasteiger charge is -2.31.